The number of carbonyl (C=O) groups excluding carboxylic acids is 1. The van der Waals surface area contributed by atoms with Crippen LogP contribution >= 0.6 is 11.6 Å². The van der Waals surface area contributed by atoms with Crippen LogP contribution in [0.5, 0.6) is 0 Å². The zero-order valence-corrected chi connectivity index (χ0v) is 15.8. The standard InChI is InChI=1S/C21H16ClFN4O/c1-26(12-15-16(22)5-4-6-17(15)23)11-13-9-20(28)27-19-8-3-2-7-18(19)25-21(27)14(13)10-24/h2-9,14H,11-12H2,1H3/t14-/m1/s1. The number of rotatable bonds is 4. The first kappa shape index (κ1) is 18.4. The Bertz CT molecular complexity index is 1140. The summed E-state index contributed by atoms with van der Waals surface area (Å²) in [6, 6.07) is 14.1. The maximum atomic E-state index is 14.1. The van der Waals surface area contributed by atoms with Crippen molar-refractivity contribution in [3.05, 3.63) is 76.3 Å². The lowest BCUT2D eigenvalue weighted by molar-refractivity contribution is 0.0963. The molecule has 28 heavy (non-hydrogen) atoms. The van der Waals surface area contributed by atoms with Gasteiger partial charge in [-0.25, -0.2) is 9.37 Å². The summed E-state index contributed by atoms with van der Waals surface area (Å²) in [7, 11) is 1.79. The van der Waals surface area contributed by atoms with Crippen LogP contribution in [0.4, 0.5) is 4.39 Å². The third-order valence-electron chi connectivity index (χ3n) is 4.82. The number of allylic oxidation sites excluding steroid dienone is 1. The van der Waals surface area contributed by atoms with Gasteiger partial charge in [-0.15, -0.1) is 0 Å². The van der Waals surface area contributed by atoms with Gasteiger partial charge in [0.25, 0.3) is 5.91 Å². The molecule has 0 aliphatic carbocycles. The summed E-state index contributed by atoms with van der Waals surface area (Å²) in [6.45, 7) is 0.573. The van der Waals surface area contributed by atoms with Gasteiger partial charge in [0.05, 0.1) is 17.1 Å². The van der Waals surface area contributed by atoms with E-state index in [1.807, 2.05) is 29.2 Å². The fraction of sp³-hybridized carbons (Fsp3) is 0.190. The molecule has 1 aliphatic heterocycles. The molecule has 4 rings (SSSR count). The molecule has 0 bridgehead atoms. The summed E-state index contributed by atoms with van der Waals surface area (Å²) in [5.41, 5.74) is 2.37. The normalized spacial score (nSPS) is 16.2. The topological polar surface area (TPSA) is 61.9 Å². The zero-order chi connectivity index (χ0) is 19.8. The highest BCUT2D eigenvalue weighted by molar-refractivity contribution is 6.31. The lowest BCUT2D eigenvalue weighted by Gasteiger charge is -2.24. The summed E-state index contributed by atoms with van der Waals surface area (Å²) < 4.78 is 15.6. The number of para-hydroxylation sites is 2. The second kappa shape index (κ2) is 7.19. The molecule has 0 saturated carbocycles. The number of likely N-dealkylation sites (N-methyl/N-ethyl adjacent to an activating group) is 1. The first-order valence-electron chi connectivity index (χ1n) is 8.73. The van der Waals surface area contributed by atoms with Gasteiger partial charge in [-0.05, 0) is 36.9 Å². The molecule has 1 aromatic heterocycles. The first-order chi connectivity index (χ1) is 13.5. The van der Waals surface area contributed by atoms with Crippen molar-refractivity contribution in [3.8, 4) is 6.07 Å². The van der Waals surface area contributed by atoms with E-state index in [2.05, 4.69) is 11.1 Å². The van der Waals surface area contributed by atoms with Crippen molar-refractivity contribution in [2.24, 2.45) is 0 Å². The van der Waals surface area contributed by atoms with E-state index in [0.717, 1.165) is 0 Å². The van der Waals surface area contributed by atoms with Crippen LogP contribution in [0.2, 0.25) is 5.02 Å². The Kier molecular flexibility index (Phi) is 4.71. The predicted molar refractivity (Wildman–Crippen MR) is 105 cm³/mol. The minimum absolute atomic E-state index is 0.234. The van der Waals surface area contributed by atoms with E-state index in [0.29, 0.717) is 39.6 Å². The molecule has 140 valence electrons. The zero-order valence-electron chi connectivity index (χ0n) is 15.1. The highest BCUT2D eigenvalue weighted by Crippen LogP contribution is 2.32. The number of halogens is 2. The number of nitriles is 1. The first-order valence-corrected chi connectivity index (χ1v) is 9.10. The largest absolute Gasteiger partial charge is 0.298 e. The summed E-state index contributed by atoms with van der Waals surface area (Å²) >= 11 is 6.11. The second-order valence-electron chi connectivity index (χ2n) is 6.79. The average molecular weight is 395 g/mol. The number of carbonyl (C=O) groups is 1. The van der Waals surface area contributed by atoms with Gasteiger partial charge in [-0.1, -0.05) is 29.8 Å². The minimum atomic E-state index is -0.649. The van der Waals surface area contributed by atoms with Gasteiger partial charge in [0.1, 0.15) is 17.6 Å². The maximum Gasteiger partial charge on any atom is 0.256 e. The Morgan fingerprint density at radius 3 is 2.79 bits per heavy atom. The average Bonchev–Trinajstić information content (AvgIpc) is 3.05. The van der Waals surface area contributed by atoms with Crippen molar-refractivity contribution in [1.82, 2.24) is 14.5 Å². The van der Waals surface area contributed by atoms with E-state index in [1.165, 1.54) is 16.7 Å². The van der Waals surface area contributed by atoms with Gasteiger partial charge >= 0.3 is 0 Å². The monoisotopic (exact) mass is 394 g/mol. The van der Waals surface area contributed by atoms with Crippen LogP contribution in [-0.2, 0) is 6.54 Å². The van der Waals surface area contributed by atoms with Gasteiger partial charge in [-0.2, -0.15) is 5.26 Å². The molecule has 2 aromatic carbocycles. The Hall–Kier alpha value is -3.01. The molecule has 1 atom stereocenters. The van der Waals surface area contributed by atoms with Crippen molar-refractivity contribution in [3.63, 3.8) is 0 Å². The predicted octanol–water partition coefficient (Wildman–Crippen LogP) is 4.15. The fourth-order valence-corrected chi connectivity index (χ4v) is 3.76. The van der Waals surface area contributed by atoms with E-state index >= 15 is 0 Å². The van der Waals surface area contributed by atoms with Crippen LogP contribution in [-0.4, -0.2) is 34.0 Å². The molecule has 0 amide bonds. The Balaban J connectivity index is 1.64. The highest BCUT2D eigenvalue weighted by Gasteiger charge is 2.31. The molecule has 0 radical (unpaired) electrons. The van der Waals surface area contributed by atoms with Crippen molar-refractivity contribution in [2.45, 2.75) is 12.5 Å². The maximum absolute atomic E-state index is 14.1. The summed E-state index contributed by atoms with van der Waals surface area (Å²) in [6.07, 6.45) is 1.48. The van der Waals surface area contributed by atoms with Gasteiger partial charge in [0.2, 0.25) is 0 Å². The van der Waals surface area contributed by atoms with Crippen molar-refractivity contribution >= 4 is 28.5 Å². The number of nitrogens with zero attached hydrogens (tertiary/aromatic N) is 4. The molecule has 1 aliphatic rings. The van der Waals surface area contributed by atoms with Gasteiger partial charge < -0.3 is 0 Å². The Morgan fingerprint density at radius 2 is 2.04 bits per heavy atom. The molecule has 3 aromatic rings. The molecule has 0 N–H and O–H groups in total. The number of fused-ring (bicyclic) bond motifs is 3. The summed E-state index contributed by atoms with van der Waals surface area (Å²) in [4.78, 5) is 19.0. The Morgan fingerprint density at radius 1 is 1.25 bits per heavy atom. The molecule has 5 nitrogen and oxygen atoms in total. The number of benzene rings is 2. The van der Waals surface area contributed by atoms with Crippen LogP contribution in [0.25, 0.3) is 11.0 Å². The SMILES string of the molecule is CN(CC1=CC(=O)n2c(nc3ccccc32)[C@@H]1C#N)Cc1c(F)cccc1Cl. The third-order valence-corrected chi connectivity index (χ3v) is 5.17. The number of hydrogen-bond acceptors (Lipinski definition) is 4. The molecular formula is C21H16ClFN4O. The molecule has 0 unspecified atom stereocenters. The van der Waals surface area contributed by atoms with Crippen molar-refractivity contribution < 1.29 is 9.18 Å². The number of imidazole rings is 1. The van der Waals surface area contributed by atoms with E-state index in [1.54, 1.807) is 19.2 Å². The number of aromatic nitrogens is 2. The summed E-state index contributed by atoms with van der Waals surface area (Å²) in [5.74, 6) is -0.846. The van der Waals surface area contributed by atoms with Crippen LogP contribution in [0.1, 0.15) is 22.1 Å². The smallest absolute Gasteiger partial charge is 0.256 e. The lowest BCUT2D eigenvalue weighted by atomic mass is 9.95. The van der Waals surface area contributed by atoms with Gasteiger partial charge in [0, 0.05) is 29.8 Å². The van der Waals surface area contributed by atoms with Crippen LogP contribution in [0, 0.1) is 17.1 Å². The molecule has 7 heteroatoms. The minimum Gasteiger partial charge on any atom is -0.298 e. The molecule has 0 spiro atoms. The molecule has 0 saturated heterocycles. The van der Waals surface area contributed by atoms with E-state index in [-0.39, 0.29) is 18.3 Å². The van der Waals surface area contributed by atoms with Crippen LogP contribution in [0.3, 0.4) is 0 Å². The highest BCUT2D eigenvalue weighted by atomic mass is 35.5. The van der Waals surface area contributed by atoms with Gasteiger partial charge in [0.15, 0.2) is 0 Å². The Labute approximate surface area is 166 Å². The second-order valence-corrected chi connectivity index (χ2v) is 7.19. The van der Waals surface area contributed by atoms with E-state index < -0.39 is 5.92 Å². The van der Waals surface area contributed by atoms with Gasteiger partial charge in [-0.3, -0.25) is 14.3 Å². The summed E-state index contributed by atoms with van der Waals surface area (Å²) in [5, 5.41) is 10.1. The third kappa shape index (κ3) is 3.09. The number of hydrogen-bond donors (Lipinski definition) is 0. The molecular weight excluding hydrogens is 379 g/mol. The van der Waals surface area contributed by atoms with Crippen LogP contribution in [0.15, 0.2) is 54.1 Å². The van der Waals surface area contributed by atoms with E-state index in [4.69, 9.17) is 11.6 Å². The molecule has 0 fully saturated rings. The lowest BCUT2D eigenvalue weighted by Crippen LogP contribution is -2.29. The fourth-order valence-electron chi connectivity index (χ4n) is 3.54. The van der Waals surface area contributed by atoms with Crippen molar-refractivity contribution in [2.75, 3.05) is 13.6 Å². The van der Waals surface area contributed by atoms with Crippen LogP contribution < -0.4 is 0 Å². The van der Waals surface area contributed by atoms with Crippen molar-refractivity contribution in [1.29, 1.82) is 5.26 Å². The quantitative estimate of drug-likeness (QED) is 0.667. The van der Waals surface area contributed by atoms with E-state index in [9.17, 15) is 14.4 Å². The molecule has 2 heterocycles.